The van der Waals surface area contributed by atoms with Crippen molar-refractivity contribution in [3.05, 3.63) is 58.4 Å². The summed E-state index contributed by atoms with van der Waals surface area (Å²) in [5, 5.41) is 0.0688. The molecule has 0 spiro atoms. The number of hydrogen-bond acceptors (Lipinski definition) is 3. The van der Waals surface area contributed by atoms with Gasteiger partial charge < -0.3 is 15.2 Å². The Balaban J connectivity index is 2.24. The summed E-state index contributed by atoms with van der Waals surface area (Å²) < 4.78 is 59.3. The fourth-order valence-electron chi connectivity index (χ4n) is 2.11. The highest BCUT2D eigenvalue weighted by atomic mass is 35.5. The van der Waals surface area contributed by atoms with Crippen LogP contribution < -0.4 is 15.2 Å². The fourth-order valence-corrected chi connectivity index (χ4v) is 2.38. The topological polar surface area (TPSA) is 44.5 Å². The SMILES string of the molecule is CCOc1c(F)cc([C@H](N)c2ccc(OC(F)(F)F)cc2)cc1Cl. The van der Waals surface area contributed by atoms with Crippen molar-refractivity contribution in [1.82, 2.24) is 0 Å². The van der Waals surface area contributed by atoms with E-state index in [9.17, 15) is 17.6 Å². The quantitative estimate of drug-likeness (QED) is 0.774. The van der Waals surface area contributed by atoms with Crippen molar-refractivity contribution in [2.75, 3.05) is 6.61 Å². The van der Waals surface area contributed by atoms with E-state index in [1.807, 2.05) is 0 Å². The van der Waals surface area contributed by atoms with E-state index in [4.69, 9.17) is 22.1 Å². The summed E-state index contributed by atoms with van der Waals surface area (Å²) >= 11 is 5.98. The molecule has 0 aromatic heterocycles. The van der Waals surface area contributed by atoms with E-state index < -0.39 is 18.2 Å². The van der Waals surface area contributed by atoms with Crippen LogP contribution in [0.2, 0.25) is 5.02 Å². The van der Waals surface area contributed by atoms with E-state index in [-0.39, 0.29) is 23.1 Å². The maximum absolute atomic E-state index is 14.0. The van der Waals surface area contributed by atoms with Crippen molar-refractivity contribution >= 4 is 11.6 Å². The molecule has 0 aliphatic carbocycles. The van der Waals surface area contributed by atoms with Crippen molar-refractivity contribution in [3.8, 4) is 11.5 Å². The minimum absolute atomic E-state index is 0.0657. The van der Waals surface area contributed by atoms with Gasteiger partial charge in [0.25, 0.3) is 0 Å². The third kappa shape index (κ3) is 4.52. The number of rotatable bonds is 5. The number of hydrogen-bond donors (Lipinski definition) is 1. The first-order valence-electron chi connectivity index (χ1n) is 6.94. The lowest BCUT2D eigenvalue weighted by atomic mass is 9.99. The van der Waals surface area contributed by atoms with E-state index in [0.717, 1.165) is 12.1 Å². The minimum atomic E-state index is -4.77. The van der Waals surface area contributed by atoms with Crippen LogP contribution in [-0.4, -0.2) is 13.0 Å². The Morgan fingerprint density at radius 2 is 1.75 bits per heavy atom. The molecule has 24 heavy (non-hydrogen) atoms. The second-order valence-corrected chi connectivity index (χ2v) is 5.25. The summed E-state index contributed by atoms with van der Waals surface area (Å²) in [6.07, 6.45) is -4.77. The Morgan fingerprint density at radius 1 is 1.12 bits per heavy atom. The molecule has 0 unspecified atom stereocenters. The molecule has 0 saturated carbocycles. The molecule has 0 aliphatic heterocycles. The predicted molar refractivity (Wildman–Crippen MR) is 81.7 cm³/mol. The Hall–Kier alpha value is -1.99. The average Bonchev–Trinajstić information content (AvgIpc) is 2.49. The van der Waals surface area contributed by atoms with E-state index in [1.54, 1.807) is 6.92 Å². The highest BCUT2D eigenvalue weighted by Gasteiger charge is 2.31. The first-order valence-corrected chi connectivity index (χ1v) is 7.32. The summed E-state index contributed by atoms with van der Waals surface area (Å²) in [7, 11) is 0. The standard InChI is InChI=1S/C16H14ClF4NO2/c1-2-23-15-12(17)7-10(8-13(15)18)14(22)9-3-5-11(6-4-9)24-16(19,20)21/h3-8,14H,2,22H2,1H3/t14-/m1/s1. The van der Waals surface area contributed by atoms with Gasteiger partial charge in [0, 0.05) is 0 Å². The maximum Gasteiger partial charge on any atom is 0.573 e. The molecule has 8 heteroatoms. The lowest BCUT2D eigenvalue weighted by molar-refractivity contribution is -0.274. The Bertz CT molecular complexity index is 681. The molecular formula is C16H14ClF4NO2. The fraction of sp³-hybridized carbons (Fsp3) is 0.250. The monoisotopic (exact) mass is 363 g/mol. The lowest BCUT2D eigenvalue weighted by Gasteiger charge is -2.16. The van der Waals surface area contributed by atoms with Gasteiger partial charge in [-0.1, -0.05) is 23.7 Å². The molecule has 1 atom stereocenters. The summed E-state index contributed by atoms with van der Waals surface area (Å²) in [5.41, 5.74) is 6.87. The van der Waals surface area contributed by atoms with E-state index >= 15 is 0 Å². The third-order valence-corrected chi connectivity index (χ3v) is 3.42. The van der Waals surface area contributed by atoms with E-state index in [2.05, 4.69) is 4.74 Å². The molecule has 130 valence electrons. The van der Waals surface area contributed by atoms with Crippen LogP contribution in [0.4, 0.5) is 17.6 Å². The van der Waals surface area contributed by atoms with Gasteiger partial charge in [0.2, 0.25) is 0 Å². The summed E-state index contributed by atoms with van der Waals surface area (Å²) in [6.45, 7) is 1.95. The smallest absolute Gasteiger partial charge is 0.489 e. The van der Waals surface area contributed by atoms with Gasteiger partial charge in [-0.25, -0.2) is 4.39 Å². The van der Waals surface area contributed by atoms with Gasteiger partial charge in [-0.2, -0.15) is 0 Å². The predicted octanol–water partition coefficient (Wildman–Crippen LogP) is 4.82. The largest absolute Gasteiger partial charge is 0.573 e. The molecule has 2 rings (SSSR count). The molecule has 3 nitrogen and oxygen atoms in total. The summed E-state index contributed by atoms with van der Waals surface area (Å²) in [5.74, 6) is -1.09. The molecule has 0 fully saturated rings. The van der Waals surface area contributed by atoms with Crippen LogP contribution in [0.1, 0.15) is 24.1 Å². The highest BCUT2D eigenvalue weighted by molar-refractivity contribution is 6.32. The molecule has 2 N–H and O–H groups in total. The zero-order valence-electron chi connectivity index (χ0n) is 12.5. The molecule has 0 amide bonds. The summed E-state index contributed by atoms with van der Waals surface area (Å²) in [6, 6.07) is 6.88. The van der Waals surface area contributed by atoms with Crippen LogP contribution >= 0.6 is 11.6 Å². The van der Waals surface area contributed by atoms with Crippen LogP contribution in [0.25, 0.3) is 0 Å². The van der Waals surface area contributed by atoms with Gasteiger partial charge in [-0.3, -0.25) is 0 Å². The third-order valence-electron chi connectivity index (χ3n) is 3.14. The van der Waals surface area contributed by atoms with Crippen molar-refractivity contribution in [2.24, 2.45) is 5.73 Å². The molecule has 0 saturated heterocycles. The number of benzene rings is 2. The molecule has 0 radical (unpaired) electrons. The zero-order valence-corrected chi connectivity index (χ0v) is 13.3. The number of ether oxygens (including phenoxy) is 2. The normalized spacial score (nSPS) is 12.8. The Labute approximate surface area is 140 Å². The Kier molecular flexibility index (Phi) is 5.56. The molecule has 0 heterocycles. The molecule has 0 aliphatic rings. The zero-order chi connectivity index (χ0) is 17.9. The average molecular weight is 364 g/mol. The van der Waals surface area contributed by atoms with Crippen LogP contribution in [0.5, 0.6) is 11.5 Å². The molecule has 0 bridgehead atoms. The van der Waals surface area contributed by atoms with Gasteiger partial charge in [0.15, 0.2) is 11.6 Å². The first kappa shape index (κ1) is 18.4. The van der Waals surface area contributed by atoms with Crippen molar-refractivity contribution in [3.63, 3.8) is 0 Å². The van der Waals surface area contributed by atoms with Gasteiger partial charge in [-0.05, 0) is 42.3 Å². The van der Waals surface area contributed by atoms with E-state index in [0.29, 0.717) is 11.1 Å². The molecular weight excluding hydrogens is 350 g/mol. The van der Waals surface area contributed by atoms with E-state index in [1.165, 1.54) is 24.3 Å². The number of halogens is 5. The van der Waals surface area contributed by atoms with Crippen LogP contribution in [0.3, 0.4) is 0 Å². The van der Waals surface area contributed by atoms with Crippen LogP contribution in [0.15, 0.2) is 36.4 Å². The van der Waals surface area contributed by atoms with Crippen LogP contribution in [0, 0.1) is 5.82 Å². The number of alkyl halides is 3. The lowest BCUT2D eigenvalue weighted by Crippen LogP contribution is -2.17. The van der Waals surface area contributed by atoms with Gasteiger partial charge in [0.1, 0.15) is 5.75 Å². The maximum atomic E-state index is 14.0. The highest BCUT2D eigenvalue weighted by Crippen LogP contribution is 2.33. The van der Waals surface area contributed by atoms with Crippen molar-refractivity contribution in [2.45, 2.75) is 19.3 Å². The molecule has 2 aromatic carbocycles. The van der Waals surface area contributed by atoms with Crippen LogP contribution in [-0.2, 0) is 0 Å². The minimum Gasteiger partial charge on any atom is -0.489 e. The van der Waals surface area contributed by atoms with Gasteiger partial charge >= 0.3 is 6.36 Å². The second kappa shape index (κ2) is 7.27. The summed E-state index contributed by atoms with van der Waals surface area (Å²) in [4.78, 5) is 0. The first-order chi connectivity index (χ1) is 11.2. The Morgan fingerprint density at radius 3 is 2.25 bits per heavy atom. The molecule has 2 aromatic rings. The number of nitrogens with two attached hydrogens (primary N) is 1. The van der Waals surface area contributed by atoms with Crippen molar-refractivity contribution in [1.29, 1.82) is 0 Å². The van der Waals surface area contributed by atoms with Gasteiger partial charge in [0.05, 0.1) is 17.7 Å². The second-order valence-electron chi connectivity index (χ2n) is 4.84. The van der Waals surface area contributed by atoms with Gasteiger partial charge in [-0.15, -0.1) is 13.2 Å². The van der Waals surface area contributed by atoms with Crippen molar-refractivity contribution < 1.29 is 27.0 Å².